The van der Waals surface area contributed by atoms with E-state index in [9.17, 15) is 9.59 Å². The molecule has 1 amide bonds. The molecule has 1 heterocycles. The molecule has 0 unspecified atom stereocenters. The van der Waals surface area contributed by atoms with Crippen molar-refractivity contribution in [3.63, 3.8) is 0 Å². The molecule has 0 radical (unpaired) electrons. The fraction of sp³-hybridized carbons (Fsp3) is 0.300. The number of ketones is 1. The van der Waals surface area contributed by atoms with Crippen molar-refractivity contribution >= 4 is 17.4 Å². The molecule has 2 aromatic carbocycles. The Bertz CT molecular complexity index is 677. The summed E-state index contributed by atoms with van der Waals surface area (Å²) in [6.45, 7) is 3.10. The minimum absolute atomic E-state index is 0.0341. The summed E-state index contributed by atoms with van der Waals surface area (Å²) in [6.07, 6.45) is 0.570. The molecule has 4 heteroatoms. The van der Waals surface area contributed by atoms with E-state index in [4.69, 9.17) is 0 Å². The SMILES string of the molecule is O=C(CCC(=O)N1CCN(c2ccccc2)CC1)c1ccccc1. The van der Waals surface area contributed by atoms with Gasteiger partial charge in [-0.2, -0.15) is 0 Å². The lowest BCUT2D eigenvalue weighted by Gasteiger charge is -2.36. The number of benzene rings is 2. The molecule has 0 N–H and O–H groups in total. The topological polar surface area (TPSA) is 40.6 Å². The molecule has 1 saturated heterocycles. The second-order valence-electron chi connectivity index (χ2n) is 5.99. The van der Waals surface area contributed by atoms with Gasteiger partial charge < -0.3 is 9.80 Å². The molecule has 0 saturated carbocycles. The summed E-state index contributed by atoms with van der Waals surface area (Å²) in [5.41, 5.74) is 1.88. The lowest BCUT2D eigenvalue weighted by atomic mass is 10.1. The van der Waals surface area contributed by atoms with Crippen LogP contribution < -0.4 is 4.90 Å². The van der Waals surface area contributed by atoms with Crippen LogP contribution in [-0.2, 0) is 4.79 Å². The van der Waals surface area contributed by atoms with Gasteiger partial charge in [-0.05, 0) is 12.1 Å². The van der Waals surface area contributed by atoms with Crippen LogP contribution in [0.25, 0.3) is 0 Å². The Morgan fingerprint density at radius 2 is 1.33 bits per heavy atom. The third-order valence-corrected chi connectivity index (χ3v) is 4.42. The molecule has 1 aliphatic heterocycles. The second-order valence-corrected chi connectivity index (χ2v) is 5.99. The van der Waals surface area contributed by atoms with Gasteiger partial charge in [0.15, 0.2) is 5.78 Å². The predicted molar refractivity (Wildman–Crippen MR) is 95.2 cm³/mol. The van der Waals surface area contributed by atoms with Gasteiger partial charge in [0.05, 0.1) is 0 Å². The van der Waals surface area contributed by atoms with Crippen LogP contribution in [0.5, 0.6) is 0 Å². The molecule has 0 spiro atoms. The number of Topliss-reactive ketones (excluding diaryl/α,β-unsaturated/α-hetero) is 1. The number of hydrogen-bond donors (Lipinski definition) is 0. The summed E-state index contributed by atoms with van der Waals surface area (Å²) in [5.74, 6) is 0.110. The molecular weight excluding hydrogens is 300 g/mol. The summed E-state index contributed by atoms with van der Waals surface area (Å²) in [5, 5.41) is 0. The number of piperazine rings is 1. The Balaban J connectivity index is 1.46. The Kier molecular flexibility index (Phi) is 5.26. The van der Waals surface area contributed by atoms with Crippen molar-refractivity contribution in [2.45, 2.75) is 12.8 Å². The Morgan fingerprint density at radius 1 is 0.750 bits per heavy atom. The molecule has 2 aromatic rings. The van der Waals surface area contributed by atoms with Crippen molar-refractivity contribution in [3.05, 3.63) is 66.2 Å². The first-order chi connectivity index (χ1) is 11.7. The highest BCUT2D eigenvalue weighted by atomic mass is 16.2. The van der Waals surface area contributed by atoms with Gasteiger partial charge in [-0.3, -0.25) is 9.59 Å². The Morgan fingerprint density at radius 3 is 1.96 bits per heavy atom. The fourth-order valence-corrected chi connectivity index (χ4v) is 3.00. The van der Waals surface area contributed by atoms with Crippen LogP contribution >= 0.6 is 0 Å². The van der Waals surface area contributed by atoms with E-state index in [-0.39, 0.29) is 18.1 Å². The normalized spacial score (nSPS) is 14.5. The zero-order valence-corrected chi connectivity index (χ0v) is 13.7. The average Bonchev–Trinajstić information content (AvgIpc) is 2.67. The van der Waals surface area contributed by atoms with Gasteiger partial charge in [-0.25, -0.2) is 0 Å². The number of anilines is 1. The maximum Gasteiger partial charge on any atom is 0.223 e. The number of hydrogen-bond acceptors (Lipinski definition) is 3. The third-order valence-electron chi connectivity index (χ3n) is 4.42. The maximum absolute atomic E-state index is 12.3. The summed E-state index contributed by atoms with van der Waals surface area (Å²) in [6, 6.07) is 19.4. The van der Waals surface area contributed by atoms with Gasteiger partial charge in [-0.1, -0.05) is 48.5 Å². The van der Waals surface area contributed by atoms with Gasteiger partial charge in [0.1, 0.15) is 0 Å². The van der Waals surface area contributed by atoms with Crippen LogP contribution in [0.2, 0.25) is 0 Å². The molecule has 0 aromatic heterocycles. The third kappa shape index (κ3) is 4.02. The van der Waals surface area contributed by atoms with E-state index in [1.54, 1.807) is 12.1 Å². The number of nitrogens with zero attached hydrogens (tertiary/aromatic N) is 2. The van der Waals surface area contributed by atoms with Crippen LogP contribution in [-0.4, -0.2) is 42.8 Å². The van der Waals surface area contributed by atoms with E-state index in [0.29, 0.717) is 25.1 Å². The highest BCUT2D eigenvalue weighted by Gasteiger charge is 2.21. The van der Waals surface area contributed by atoms with Gasteiger partial charge in [0.25, 0.3) is 0 Å². The van der Waals surface area contributed by atoms with Gasteiger partial charge in [-0.15, -0.1) is 0 Å². The first-order valence-electron chi connectivity index (χ1n) is 8.40. The van der Waals surface area contributed by atoms with Crippen LogP contribution in [0.1, 0.15) is 23.2 Å². The van der Waals surface area contributed by atoms with Gasteiger partial charge in [0.2, 0.25) is 5.91 Å². The summed E-state index contributed by atoms with van der Waals surface area (Å²) >= 11 is 0. The largest absolute Gasteiger partial charge is 0.368 e. The van der Waals surface area contributed by atoms with E-state index in [0.717, 1.165) is 13.1 Å². The summed E-state index contributed by atoms with van der Waals surface area (Å²) < 4.78 is 0. The average molecular weight is 322 g/mol. The summed E-state index contributed by atoms with van der Waals surface area (Å²) in [4.78, 5) is 28.6. The number of amides is 1. The smallest absolute Gasteiger partial charge is 0.223 e. The Labute approximate surface area is 142 Å². The molecular formula is C20H22N2O2. The van der Waals surface area contributed by atoms with Crippen molar-refractivity contribution in [2.75, 3.05) is 31.1 Å². The molecule has 24 heavy (non-hydrogen) atoms. The number of carbonyl (C=O) groups excluding carboxylic acids is 2. The highest BCUT2D eigenvalue weighted by molar-refractivity contribution is 5.97. The second kappa shape index (κ2) is 7.77. The van der Waals surface area contributed by atoms with Gasteiger partial charge in [0, 0.05) is 50.3 Å². The van der Waals surface area contributed by atoms with Crippen molar-refractivity contribution in [3.8, 4) is 0 Å². The van der Waals surface area contributed by atoms with Gasteiger partial charge >= 0.3 is 0 Å². The van der Waals surface area contributed by atoms with Crippen molar-refractivity contribution < 1.29 is 9.59 Å². The lowest BCUT2D eigenvalue weighted by Crippen LogP contribution is -2.48. The number of rotatable bonds is 5. The Hall–Kier alpha value is -2.62. The first kappa shape index (κ1) is 16.2. The van der Waals surface area contributed by atoms with E-state index in [1.807, 2.05) is 41.3 Å². The first-order valence-corrected chi connectivity index (χ1v) is 8.40. The molecule has 124 valence electrons. The van der Waals surface area contributed by atoms with E-state index < -0.39 is 0 Å². The zero-order valence-electron chi connectivity index (χ0n) is 13.7. The molecule has 0 bridgehead atoms. The molecule has 0 atom stereocenters. The summed E-state index contributed by atoms with van der Waals surface area (Å²) in [7, 11) is 0. The van der Waals surface area contributed by atoms with E-state index in [1.165, 1.54) is 5.69 Å². The standard InChI is InChI=1S/C20H22N2O2/c23-19(17-7-3-1-4-8-17)11-12-20(24)22-15-13-21(14-16-22)18-9-5-2-6-10-18/h1-10H,11-16H2. The van der Waals surface area contributed by atoms with Crippen LogP contribution in [0.3, 0.4) is 0 Å². The fourth-order valence-electron chi connectivity index (χ4n) is 3.00. The maximum atomic E-state index is 12.3. The van der Waals surface area contributed by atoms with Crippen molar-refractivity contribution in [1.29, 1.82) is 0 Å². The van der Waals surface area contributed by atoms with Crippen LogP contribution in [0.15, 0.2) is 60.7 Å². The van der Waals surface area contributed by atoms with Crippen LogP contribution in [0.4, 0.5) is 5.69 Å². The monoisotopic (exact) mass is 322 g/mol. The van der Waals surface area contributed by atoms with E-state index in [2.05, 4.69) is 17.0 Å². The number of para-hydroxylation sites is 1. The van der Waals surface area contributed by atoms with E-state index >= 15 is 0 Å². The van der Waals surface area contributed by atoms with Crippen LogP contribution in [0, 0.1) is 0 Å². The zero-order chi connectivity index (χ0) is 16.8. The van der Waals surface area contributed by atoms with Crippen molar-refractivity contribution in [1.82, 2.24) is 4.90 Å². The minimum Gasteiger partial charge on any atom is -0.368 e. The van der Waals surface area contributed by atoms with Crippen molar-refractivity contribution in [2.24, 2.45) is 0 Å². The molecule has 0 aliphatic carbocycles. The molecule has 1 fully saturated rings. The lowest BCUT2D eigenvalue weighted by molar-refractivity contribution is -0.131. The highest BCUT2D eigenvalue weighted by Crippen LogP contribution is 2.16. The molecule has 3 rings (SSSR count). The number of carbonyl (C=O) groups is 2. The quantitative estimate of drug-likeness (QED) is 0.795. The molecule has 1 aliphatic rings. The minimum atomic E-state index is 0.0341. The predicted octanol–water partition coefficient (Wildman–Crippen LogP) is 3.00. The molecule has 4 nitrogen and oxygen atoms in total.